The molecule has 1 amide bonds. The Balaban J connectivity index is 1.67. The van der Waals surface area contributed by atoms with Crippen molar-refractivity contribution in [1.29, 1.82) is 0 Å². The number of rotatable bonds is 13. The van der Waals surface area contributed by atoms with Crippen LogP contribution in [-0.4, -0.2) is 64.0 Å². The van der Waals surface area contributed by atoms with Crippen LogP contribution in [0.15, 0.2) is 59.5 Å². The van der Waals surface area contributed by atoms with E-state index < -0.39 is 106 Å². The molecule has 2 atom stereocenters. The number of aromatic hydroxyl groups is 1. The van der Waals surface area contributed by atoms with Crippen molar-refractivity contribution >= 4 is 11.9 Å². The van der Waals surface area contributed by atoms with Crippen molar-refractivity contribution in [2.45, 2.75) is 70.8 Å². The first kappa shape index (κ1) is 43.8. The number of hydrogen-bond acceptors (Lipinski definition) is 7. The molecule has 3 N–H and O–H groups in total. The van der Waals surface area contributed by atoms with Crippen molar-refractivity contribution in [3.63, 3.8) is 0 Å². The predicted octanol–water partition coefficient (Wildman–Crippen LogP) is 7.24. The Bertz CT molecular complexity index is 2230. The molecule has 9 nitrogen and oxygen atoms in total. The van der Waals surface area contributed by atoms with Crippen molar-refractivity contribution in [2.75, 3.05) is 26.2 Å². The number of pyridine rings is 1. The van der Waals surface area contributed by atoms with E-state index in [0.29, 0.717) is 10.6 Å². The number of aryl methyl sites for hydroxylation is 2. The van der Waals surface area contributed by atoms with Crippen LogP contribution in [0.2, 0.25) is 0 Å². The lowest BCUT2D eigenvalue weighted by Crippen LogP contribution is -2.49. The molecular formula is C40H38F9N3O6. The third-order valence-electron chi connectivity index (χ3n) is 9.72. The average molecular weight is 828 g/mol. The van der Waals surface area contributed by atoms with Gasteiger partial charge in [0, 0.05) is 48.6 Å². The summed E-state index contributed by atoms with van der Waals surface area (Å²) < 4.78 is 134. The number of nitrogens with zero attached hydrogens (tertiary/aromatic N) is 2. The second-order valence-electron chi connectivity index (χ2n) is 13.9. The van der Waals surface area contributed by atoms with E-state index >= 15 is 8.78 Å². The number of halogens is 9. The van der Waals surface area contributed by atoms with Crippen molar-refractivity contribution in [3.05, 3.63) is 121 Å². The zero-order valence-electron chi connectivity index (χ0n) is 31.2. The fourth-order valence-electron chi connectivity index (χ4n) is 6.92. The third-order valence-corrected chi connectivity index (χ3v) is 9.72. The molecular weight excluding hydrogens is 789 g/mol. The molecule has 1 unspecified atom stereocenters. The Labute approximate surface area is 325 Å². The van der Waals surface area contributed by atoms with Gasteiger partial charge in [-0.25, -0.2) is 13.2 Å². The monoisotopic (exact) mass is 827 g/mol. The molecule has 3 aromatic carbocycles. The smallest absolute Gasteiger partial charge is 0.416 e. The molecule has 5 rings (SSSR count). The predicted molar refractivity (Wildman–Crippen MR) is 191 cm³/mol. The molecule has 1 aromatic heterocycles. The van der Waals surface area contributed by atoms with Gasteiger partial charge < -0.3 is 20.3 Å². The minimum absolute atomic E-state index is 0.0251. The summed E-state index contributed by atoms with van der Waals surface area (Å²) in [6.45, 7) is 2.96. The molecule has 0 saturated carbocycles. The van der Waals surface area contributed by atoms with E-state index in [2.05, 4.69) is 5.32 Å². The highest BCUT2D eigenvalue weighted by atomic mass is 19.4. The topological polar surface area (TPSA) is 121 Å². The van der Waals surface area contributed by atoms with Crippen molar-refractivity contribution in [2.24, 2.45) is 0 Å². The number of amides is 1. The lowest BCUT2D eigenvalue weighted by Gasteiger charge is -2.34. The minimum Gasteiger partial charge on any atom is -0.507 e. The maximum Gasteiger partial charge on any atom is 0.416 e. The Morgan fingerprint density at radius 2 is 1.64 bits per heavy atom. The Kier molecular flexibility index (Phi) is 13.0. The van der Waals surface area contributed by atoms with E-state index in [0.717, 1.165) is 36.5 Å². The lowest BCUT2D eigenvalue weighted by atomic mass is 9.91. The first-order chi connectivity index (χ1) is 27.1. The number of carbonyl (C=O) groups is 2. The van der Waals surface area contributed by atoms with Gasteiger partial charge in [0.2, 0.25) is 5.91 Å². The van der Waals surface area contributed by atoms with Crippen LogP contribution in [0.3, 0.4) is 0 Å². The summed E-state index contributed by atoms with van der Waals surface area (Å²) in [5.74, 6) is -5.33. The van der Waals surface area contributed by atoms with Gasteiger partial charge in [0.05, 0.1) is 36.8 Å². The molecule has 58 heavy (non-hydrogen) atoms. The van der Waals surface area contributed by atoms with Gasteiger partial charge in [0.1, 0.15) is 29.6 Å². The lowest BCUT2D eigenvalue weighted by molar-refractivity contribution is -0.144. The number of phenols is 1. The number of aromatic nitrogens is 1. The molecule has 0 bridgehead atoms. The maximum atomic E-state index is 16.2. The summed E-state index contributed by atoms with van der Waals surface area (Å²) in [7, 11) is 0. The maximum absolute atomic E-state index is 16.2. The van der Waals surface area contributed by atoms with Crippen LogP contribution < -0.4 is 10.9 Å². The van der Waals surface area contributed by atoms with Gasteiger partial charge in [0.25, 0.3) is 5.56 Å². The molecule has 312 valence electrons. The minimum atomic E-state index is -5.06. The van der Waals surface area contributed by atoms with Crippen LogP contribution in [0.5, 0.6) is 5.75 Å². The number of aliphatic hydroxyl groups excluding tert-OH is 1. The van der Waals surface area contributed by atoms with E-state index in [-0.39, 0.29) is 66.5 Å². The largest absolute Gasteiger partial charge is 0.507 e. The van der Waals surface area contributed by atoms with Crippen LogP contribution in [0, 0.1) is 25.5 Å². The van der Waals surface area contributed by atoms with Crippen LogP contribution in [-0.2, 0) is 39.7 Å². The Hall–Kier alpha value is -5.36. The highest BCUT2D eigenvalue weighted by molar-refractivity contribution is 5.85. The number of benzene rings is 3. The number of esters is 1. The molecule has 2 heterocycles. The standard InChI is InChI=1S/C40H38F9N3O6/c1-4-58-34(56)15-31(28-12-24(9-21(3)36(28)43)35-20(2)10-25(13-32(35)54)39(44,45)46)50-38(57)37(27-11-22(19-53)5-6-30(27)42)52-16-23(7-8-51-17-26(41)18-51)29(14-33(52)55)40(47,48)49/h5-6,9-14,16,26,31,37,53-54H,4,7-8,15,17-19H2,1-3H3,(H,50,57)/t31-,37?/m0/s1. The molecule has 1 fully saturated rings. The summed E-state index contributed by atoms with van der Waals surface area (Å²) in [5, 5.41) is 23.0. The number of carbonyl (C=O) groups excluding carboxylic acids is 2. The average Bonchev–Trinajstić information content (AvgIpc) is 3.11. The Morgan fingerprint density at radius 3 is 2.22 bits per heavy atom. The molecule has 0 radical (unpaired) electrons. The summed E-state index contributed by atoms with van der Waals surface area (Å²) in [6.07, 6.45) is -11.5. The SMILES string of the molecule is CCOC(=O)C[C@H](NC(=O)C(c1cc(CO)ccc1F)n1cc(CCN2CC(F)C2)c(C(F)(F)F)cc1=O)c1cc(-c2c(C)cc(C(F)(F)F)cc2O)cc(C)c1F. The first-order valence-corrected chi connectivity index (χ1v) is 17.9. The summed E-state index contributed by atoms with van der Waals surface area (Å²) >= 11 is 0. The number of likely N-dealkylation sites (tertiary alicyclic amines) is 1. The van der Waals surface area contributed by atoms with E-state index in [9.17, 15) is 55.3 Å². The number of ether oxygens (including phenoxy) is 1. The van der Waals surface area contributed by atoms with Gasteiger partial charge in [-0.1, -0.05) is 6.07 Å². The van der Waals surface area contributed by atoms with E-state index in [1.54, 1.807) is 0 Å². The number of aliphatic hydroxyl groups is 1. The van der Waals surface area contributed by atoms with Crippen molar-refractivity contribution < 1.29 is 64.1 Å². The third kappa shape index (κ3) is 9.66. The zero-order valence-corrected chi connectivity index (χ0v) is 31.2. The molecule has 0 spiro atoms. The molecule has 1 saturated heterocycles. The zero-order chi connectivity index (χ0) is 42.9. The molecule has 0 aliphatic carbocycles. The molecule has 4 aromatic rings. The van der Waals surface area contributed by atoms with Crippen molar-refractivity contribution in [3.8, 4) is 16.9 Å². The van der Waals surface area contributed by atoms with Gasteiger partial charge in [-0.3, -0.25) is 23.9 Å². The number of phenolic OH excluding ortho intramolecular Hbond substituents is 1. The molecule has 18 heteroatoms. The fraction of sp³-hybridized carbons (Fsp3) is 0.375. The molecule has 1 aliphatic heterocycles. The van der Waals surface area contributed by atoms with Crippen molar-refractivity contribution in [1.82, 2.24) is 14.8 Å². The van der Waals surface area contributed by atoms with Crippen LogP contribution in [0.4, 0.5) is 39.5 Å². The van der Waals surface area contributed by atoms with E-state index in [1.807, 2.05) is 0 Å². The summed E-state index contributed by atoms with van der Waals surface area (Å²) in [6, 6.07) is 2.79. The van der Waals surface area contributed by atoms with Gasteiger partial charge in [-0.15, -0.1) is 0 Å². The van der Waals surface area contributed by atoms with Crippen LogP contribution in [0.25, 0.3) is 11.1 Å². The highest BCUT2D eigenvalue weighted by Gasteiger charge is 2.38. The summed E-state index contributed by atoms with van der Waals surface area (Å²) in [4.78, 5) is 42.5. The fourth-order valence-corrected chi connectivity index (χ4v) is 6.92. The number of alkyl halides is 7. The second-order valence-corrected chi connectivity index (χ2v) is 13.9. The van der Waals surface area contributed by atoms with Crippen LogP contribution in [0.1, 0.15) is 69.9 Å². The van der Waals surface area contributed by atoms with E-state index in [4.69, 9.17) is 4.74 Å². The Morgan fingerprint density at radius 1 is 0.948 bits per heavy atom. The normalized spacial score (nSPS) is 14.8. The highest BCUT2D eigenvalue weighted by Crippen LogP contribution is 2.41. The number of nitrogens with one attached hydrogen (secondary N) is 1. The second kappa shape index (κ2) is 17.2. The number of hydrogen-bond donors (Lipinski definition) is 3. The van der Waals surface area contributed by atoms with E-state index in [1.165, 1.54) is 31.7 Å². The quantitative estimate of drug-likeness (QED) is 0.0961. The molecule has 1 aliphatic rings. The van der Waals surface area contributed by atoms with Gasteiger partial charge >= 0.3 is 18.3 Å². The van der Waals surface area contributed by atoms with Gasteiger partial charge in [0.15, 0.2) is 0 Å². The first-order valence-electron chi connectivity index (χ1n) is 17.9. The summed E-state index contributed by atoms with van der Waals surface area (Å²) in [5.41, 5.74) is -5.91. The van der Waals surface area contributed by atoms with Gasteiger partial charge in [-0.2, -0.15) is 26.3 Å². The van der Waals surface area contributed by atoms with Gasteiger partial charge in [-0.05, 0) is 91.4 Å². The van der Waals surface area contributed by atoms with Crippen LogP contribution >= 0.6 is 0 Å².